The van der Waals surface area contributed by atoms with Crippen LogP contribution < -0.4 is 4.90 Å². The topological polar surface area (TPSA) is 96.4 Å². The van der Waals surface area contributed by atoms with E-state index >= 15 is 4.79 Å². The monoisotopic (exact) mass is 620 g/mol. The first kappa shape index (κ1) is 31.9. The highest BCUT2D eigenvalue weighted by atomic mass is 35.5. The van der Waals surface area contributed by atoms with Crippen molar-refractivity contribution in [2.45, 2.75) is 69.2 Å². The van der Waals surface area contributed by atoms with Crippen LogP contribution in [0.5, 0.6) is 0 Å². The van der Waals surface area contributed by atoms with Crippen LogP contribution in [-0.2, 0) is 30.3 Å². The maximum absolute atomic E-state index is 15.0. The lowest BCUT2D eigenvalue weighted by Crippen LogP contribution is -2.59. The summed E-state index contributed by atoms with van der Waals surface area (Å²) in [5.74, 6) is -3.10. The minimum atomic E-state index is -1.29. The molecular formula is C35H41ClN2O6. The Morgan fingerprint density at radius 3 is 2.57 bits per heavy atom. The summed E-state index contributed by atoms with van der Waals surface area (Å²) in [6.45, 7) is 11.3. The van der Waals surface area contributed by atoms with E-state index in [1.807, 2.05) is 56.3 Å². The summed E-state index contributed by atoms with van der Waals surface area (Å²) in [4.78, 5) is 46.5. The van der Waals surface area contributed by atoms with Crippen molar-refractivity contribution in [3.8, 4) is 0 Å². The first-order valence-corrected chi connectivity index (χ1v) is 15.7. The molecule has 2 aromatic carbocycles. The third kappa shape index (κ3) is 5.17. The molecule has 1 spiro atoms. The van der Waals surface area contributed by atoms with Gasteiger partial charge in [0.2, 0.25) is 5.91 Å². The van der Waals surface area contributed by atoms with Crippen molar-refractivity contribution in [1.29, 1.82) is 0 Å². The summed E-state index contributed by atoms with van der Waals surface area (Å²) >= 11 is 6.68. The van der Waals surface area contributed by atoms with Gasteiger partial charge >= 0.3 is 5.97 Å². The fourth-order valence-corrected chi connectivity index (χ4v) is 8.01. The maximum atomic E-state index is 15.0. The van der Waals surface area contributed by atoms with Gasteiger partial charge in [0.05, 0.1) is 41.5 Å². The lowest BCUT2D eigenvalue weighted by molar-refractivity contribution is -0.162. The number of aliphatic hydroxyl groups excluding tert-OH is 1. The van der Waals surface area contributed by atoms with Crippen molar-refractivity contribution in [2.24, 2.45) is 11.8 Å². The molecule has 1 N–H and O–H groups in total. The maximum Gasteiger partial charge on any atom is 0.312 e. The molecule has 0 aromatic heterocycles. The smallest absolute Gasteiger partial charge is 0.312 e. The average molecular weight is 621 g/mol. The molecule has 2 amide bonds. The normalized spacial score (nSPS) is 27.6. The number of esters is 1. The third-order valence-corrected chi connectivity index (χ3v) is 9.93. The molecular weight excluding hydrogens is 580 g/mol. The van der Waals surface area contributed by atoms with Gasteiger partial charge in [-0.15, -0.1) is 13.2 Å². The van der Waals surface area contributed by atoms with E-state index in [4.69, 9.17) is 21.1 Å². The second kappa shape index (κ2) is 12.9. The summed E-state index contributed by atoms with van der Waals surface area (Å²) in [7, 11) is 0. The predicted octanol–water partition coefficient (Wildman–Crippen LogP) is 5.05. The van der Waals surface area contributed by atoms with Crippen LogP contribution in [-0.4, -0.2) is 70.8 Å². The zero-order chi connectivity index (χ0) is 31.6. The molecule has 3 aliphatic heterocycles. The molecule has 44 heavy (non-hydrogen) atoms. The Morgan fingerprint density at radius 2 is 1.93 bits per heavy atom. The lowest BCUT2D eigenvalue weighted by atomic mass is 9.65. The summed E-state index contributed by atoms with van der Waals surface area (Å²) in [6.07, 6.45) is 5.47. The van der Waals surface area contributed by atoms with E-state index in [-0.39, 0.29) is 25.7 Å². The van der Waals surface area contributed by atoms with Crippen molar-refractivity contribution in [3.63, 3.8) is 0 Å². The first-order chi connectivity index (χ1) is 21.2. The molecule has 2 unspecified atom stereocenters. The van der Waals surface area contributed by atoms with Crippen LogP contribution in [0.3, 0.4) is 0 Å². The lowest BCUT2D eigenvalue weighted by Gasteiger charge is -2.40. The molecule has 5 rings (SSSR count). The SMILES string of the molecule is C=CCCOC(=O)[C@H]1[C@H]2C(=O)N([C@@H](CO)Cc3ccccc3)C(C(=O)N(CC=C)c3c(C)cccc3Cl)C23CC[C@]1(CC)O3. The number of fused-ring (bicyclic) bond motifs is 1. The molecule has 2 aromatic rings. The molecule has 3 saturated heterocycles. The fraction of sp³-hybridized carbons (Fsp3) is 0.457. The number of benzene rings is 2. The highest BCUT2D eigenvalue weighted by Crippen LogP contribution is 2.65. The van der Waals surface area contributed by atoms with Gasteiger partial charge < -0.3 is 24.4 Å². The zero-order valence-corrected chi connectivity index (χ0v) is 26.2. The number of carbonyl (C=O) groups is 3. The standard InChI is InChI=1S/C35H41ClN2O6/c1-5-8-20-43-33(42)28-27-31(40)38(25(22-39)21-24-14-10-9-11-15-24)30(35(27)18-17-34(28,7-3)44-35)32(41)37(19-6-2)29-23(4)13-12-16-26(29)36/h5-6,9-16,25,27-28,30,39H,1-2,7-8,17-22H2,3-4H3/t25-,27+,28-,30?,34+,35?/m1/s1. The molecule has 6 atom stereocenters. The molecule has 2 bridgehead atoms. The van der Waals surface area contributed by atoms with Crippen LogP contribution in [0.1, 0.15) is 43.7 Å². The Kier molecular flexibility index (Phi) is 9.35. The number of amides is 2. The largest absolute Gasteiger partial charge is 0.465 e. The third-order valence-electron chi connectivity index (χ3n) is 9.63. The predicted molar refractivity (Wildman–Crippen MR) is 169 cm³/mol. The average Bonchev–Trinajstić information content (AvgIpc) is 3.63. The van der Waals surface area contributed by atoms with Gasteiger partial charge in [0.15, 0.2) is 0 Å². The number of hydrogen-bond donors (Lipinski definition) is 1. The van der Waals surface area contributed by atoms with E-state index in [1.54, 1.807) is 23.1 Å². The van der Waals surface area contributed by atoms with Gasteiger partial charge in [-0.2, -0.15) is 0 Å². The van der Waals surface area contributed by atoms with Gasteiger partial charge in [0, 0.05) is 6.54 Å². The molecule has 8 nitrogen and oxygen atoms in total. The summed E-state index contributed by atoms with van der Waals surface area (Å²) < 4.78 is 12.6. The van der Waals surface area contributed by atoms with Gasteiger partial charge in [-0.1, -0.05) is 73.1 Å². The van der Waals surface area contributed by atoms with Crippen LogP contribution >= 0.6 is 11.6 Å². The number of aryl methyl sites for hydroxylation is 1. The van der Waals surface area contributed by atoms with Crippen molar-refractivity contribution in [1.82, 2.24) is 4.90 Å². The number of aliphatic hydroxyl groups is 1. The van der Waals surface area contributed by atoms with Crippen LogP contribution in [0, 0.1) is 18.8 Å². The molecule has 3 aliphatic rings. The molecule has 0 saturated carbocycles. The van der Waals surface area contributed by atoms with E-state index in [1.165, 1.54) is 4.90 Å². The molecule has 9 heteroatoms. The molecule has 0 radical (unpaired) electrons. The van der Waals surface area contributed by atoms with Gasteiger partial charge in [-0.25, -0.2) is 0 Å². The molecule has 3 heterocycles. The van der Waals surface area contributed by atoms with Gasteiger partial charge in [-0.3, -0.25) is 14.4 Å². The number of nitrogens with zero attached hydrogens (tertiary/aromatic N) is 2. The Bertz CT molecular complexity index is 1410. The second-order valence-electron chi connectivity index (χ2n) is 12.0. The number of carbonyl (C=O) groups excluding carboxylic acids is 3. The van der Waals surface area contributed by atoms with Crippen LogP contribution in [0.15, 0.2) is 73.8 Å². The summed E-state index contributed by atoms with van der Waals surface area (Å²) in [5.41, 5.74) is -0.0153. The van der Waals surface area contributed by atoms with Crippen LogP contribution in [0.25, 0.3) is 0 Å². The van der Waals surface area contributed by atoms with Crippen molar-refractivity contribution in [3.05, 3.63) is 90.0 Å². The molecule has 3 fully saturated rings. The Morgan fingerprint density at radius 1 is 1.18 bits per heavy atom. The Hall–Kier alpha value is -3.46. The summed E-state index contributed by atoms with van der Waals surface area (Å²) in [6, 6.07) is 13.1. The highest BCUT2D eigenvalue weighted by molar-refractivity contribution is 6.34. The minimum absolute atomic E-state index is 0.136. The highest BCUT2D eigenvalue weighted by Gasteiger charge is 2.79. The second-order valence-corrected chi connectivity index (χ2v) is 12.4. The summed E-state index contributed by atoms with van der Waals surface area (Å²) in [5, 5.41) is 11.1. The van der Waals surface area contributed by atoms with Crippen molar-refractivity contribution >= 4 is 35.1 Å². The zero-order valence-electron chi connectivity index (χ0n) is 25.4. The number of rotatable bonds is 13. The van der Waals surface area contributed by atoms with Gasteiger partial charge in [0.1, 0.15) is 17.6 Å². The van der Waals surface area contributed by atoms with Crippen LogP contribution in [0.4, 0.5) is 5.69 Å². The van der Waals surface area contributed by atoms with Crippen molar-refractivity contribution < 1.29 is 29.0 Å². The van der Waals surface area contributed by atoms with Gasteiger partial charge in [-0.05, 0) is 56.2 Å². The van der Waals surface area contributed by atoms with E-state index in [9.17, 15) is 14.7 Å². The van der Waals surface area contributed by atoms with Gasteiger partial charge in [0.25, 0.3) is 5.91 Å². The molecule has 0 aliphatic carbocycles. The van der Waals surface area contributed by atoms with Crippen molar-refractivity contribution in [2.75, 3.05) is 24.7 Å². The Labute approximate surface area is 264 Å². The quantitative estimate of drug-likeness (QED) is 0.191. The van der Waals surface area contributed by atoms with E-state index < -0.39 is 47.0 Å². The number of para-hydroxylation sites is 1. The number of ether oxygens (including phenoxy) is 2. The molecule has 234 valence electrons. The van der Waals surface area contributed by atoms with Crippen LogP contribution in [0.2, 0.25) is 5.02 Å². The number of likely N-dealkylation sites (tertiary alicyclic amines) is 1. The number of anilines is 1. The number of halogens is 1. The number of hydrogen-bond acceptors (Lipinski definition) is 6. The Balaban J connectivity index is 1.65. The van der Waals surface area contributed by atoms with E-state index in [0.717, 1.165) is 11.1 Å². The van der Waals surface area contributed by atoms with E-state index in [0.29, 0.717) is 42.8 Å². The van der Waals surface area contributed by atoms with E-state index in [2.05, 4.69) is 13.2 Å². The fourth-order valence-electron chi connectivity index (χ4n) is 7.69. The first-order valence-electron chi connectivity index (χ1n) is 15.3. The minimum Gasteiger partial charge on any atom is -0.465 e.